The van der Waals surface area contributed by atoms with Gasteiger partial charge >= 0.3 is 5.97 Å². The van der Waals surface area contributed by atoms with E-state index in [2.05, 4.69) is 6.92 Å². The second kappa shape index (κ2) is 17.5. The van der Waals surface area contributed by atoms with E-state index in [1.165, 1.54) is 0 Å². The summed E-state index contributed by atoms with van der Waals surface area (Å²) in [5.41, 5.74) is 4.93. The standard InChI is InChI=1S/C7H14O2.C4H9NO.C2H6/c1-3-4-5-6(2)7(8)9;1-2-4(6)3-5;1-2/h6H,3-5H2,1-2H3,(H,8,9);2-3,5H2,1H3;1-2H3. The number of unbranched alkanes of at least 4 members (excludes halogenated alkanes) is 1. The van der Waals surface area contributed by atoms with Crippen molar-refractivity contribution in [2.24, 2.45) is 11.7 Å². The molecule has 0 aliphatic rings. The Hall–Kier alpha value is -0.900. The van der Waals surface area contributed by atoms with E-state index in [0.717, 1.165) is 19.3 Å². The average molecular weight is 247 g/mol. The SMILES string of the molecule is CC.CCC(=O)CN.CCCCC(C)C(=O)O. The van der Waals surface area contributed by atoms with Crippen LogP contribution >= 0.6 is 0 Å². The summed E-state index contributed by atoms with van der Waals surface area (Å²) in [6, 6.07) is 0. The Morgan fingerprint density at radius 1 is 1.24 bits per heavy atom. The summed E-state index contributed by atoms with van der Waals surface area (Å²) >= 11 is 0. The highest BCUT2D eigenvalue weighted by molar-refractivity contribution is 5.79. The van der Waals surface area contributed by atoms with Crippen LogP contribution in [0.5, 0.6) is 0 Å². The Labute approximate surface area is 106 Å². The molecule has 0 saturated carbocycles. The number of nitrogens with two attached hydrogens (primary N) is 1. The number of rotatable bonds is 6. The van der Waals surface area contributed by atoms with Crippen LogP contribution in [0, 0.1) is 5.92 Å². The molecule has 0 aromatic carbocycles. The lowest BCUT2D eigenvalue weighted by atomic mass is 10.1. The van der Waals surface area contributed by atoms with Gasteiger partial charge in [-0.25, -0.2) is 0 Å². The molecule has 0 spiro atoms. The number of aliphatic carboxylic acids is 1. The fourth-order valence-electron chi connectivity index (χ4n) is 0.778. The maximum atomic E-state index is 10.2. The molecule has 1 unspecified atom stereocenters. The maximum absolute atomic E-state index is 10.2. The van der Waals surface area contributed by atoms with Crippen molar-refractivity contribution < 1.29 is 14.7 Å². The van der Waals surface area contributed by atoms with Crippen molar-refractivity contribution >= 4 is 11.8 Å². The largest absolute Gasteiger partial charge is 0.481 e. The van der Waals surface area contributed by atoms with Crippen molar-refractivity contribution in [2.45, 2.75) is 60.3 Å². The van der Waals surface area contributed by atoms with E-state index in [-0.39, 0.29) is 18.2 Å². The van der Waals surface area contributed by atoms with Crippen LogP contribution in [0.2, 0.25) is 0 Å². The van der Waals surface area contributed by atoms with Crippen LogP contribution < -0.4 is 5.73 Å². The van der Waals surface area contributed by atoms with Crippen molar-refractivity contribution in [2.75, 3.05) is 6.54 Å². The van der Waals surface area contributed by atoms with Crippen LogP contribution in [0.1, 0.15) is 60.3 Å². The van der Waals surface area contributed by atoms with Crippen LogP contribution in [0.4, 0.5) is 0 Å². The van der Waals surface area contributed by atoms with Gasteiger partial charge in [0.05, 0.1) is 12.5 Å². The molecule has 17 heavy (non-hydrogen) atoms. The van der Waals surface area contributed by atoms with Crippen LogP contribution in [0.3, 0.4) is 0 Å². The zero-order valence-corrected chi connectivity index (χ0v) is 12.0. The molecule has 4 nitrogen and oxygen atoms in total. The molecule has 0 radical (unpaired) electrons. The minimum atomic E-state index is -0.677. The Kier molecular flexibility index (Phi) is 22.0. The topological polar surface area (TPSA) is 80.4 Å². The van der Waals surface area contributed by atoms with Gasteiger partial charge in [0.15, 0.2) is 0 Å². The van der Waals surface area contributed by atoms with Crippen molar-refractivity contribution in [1.29, 1.82) is 0 Å². The number of carbonyl (C=O) groups excluding carboxylic acids is 1. The zero-order chi connectivity index (χ0) is 14.3. The summed E-state index contributed by atoms with van der Waals surface area (Å²) in [5, 5.41) is 8.41. The molecule has 0 amide bonds. The summed E-state index contributed by atoms with van der Waals surface area (Å²) in [6.45, 7) is 9.80. The molecule has 0 bridgehead atoms. The molecule has 0 heterocycles. The second-order valence-electron chi connectivity index (χ2n) is 3.48. The van der Waals surface area contributed by atoms with E-state index in [0.29, 0.717) is 6.42 Å². The number of Topliss-reactive ketones (excluding diaryl/α,β-unsaturated/α-hetero) is 1. The monoisotopic (exact) mass is 247 g/mol. The molecule has 0 aromatic rings. The predicted octanol–water partition coefficient (Wildman–Crippen LogP) is 2.85. The van der Waals surface area contributed by atoms with Gasteiger partial charge in [0, 0.05) is 6.42 Å². The number of hydrogen-bond donors (Lipinski definition) is 2. The number of ketones is 1. The first-order valence-corrected chi connectivity index (χ1v) is 6.44. The fraction of sp³-hybridized carbons (Fsp3) is 0.846. The average Bonchev–Trinajstić information content (AvgIpc) is 2.37. The number of hydrogen-bond acceptors (Lipinski definition) is 3. The van der Waals surface area contributed by atoms with Gasteiger partial charge in [-0.1, -0.05) is 47.5 Å². The highest BCUT2D eigenvalue weighted by atomic mass is 16.4. The van der Waals surface area contributed by atoms with Gasteiger partial charge in [-0.15, -0.1) is 0 Å². The first-order chi connectivity index (χ1) is 7.99. The van der Waals surface area contributed by atoms with Gasteiger partial charge in [0.25, 0.3) is 0 Å². The highest BCUT2D eigenvalue weighted by Gasteiger charge is 2.08. The van der Waals surface area contributed by atoms with E-state index < -0.39 is 5.97 Å². The number of carboxylic acid groups (broad SMARTS) is 1. The van der Waals surface area contributed by atoms with Gasteiger partial charge in [-0.2, -0.15) is 0 Å². The normalized spacial score (nSPS) is 10.2. The quantitative estimate of drug-likeness (QED) is 0.756. The van der Waals surface area contributed by atoms with Crippen LogP contribution in [0.15, 0.2) is 0 Å². The summed E-state index contributed by atoms with van der Waals surface area (Å²) in [7, 11) is 0. The predicted molar refractivity (Wildman–Crippen MR) is 72.0 cm³/mol. The molecular formula is C13H29NO3. The van der Waals surface area contributed by atoms with E-state index in [1.807, 2.05) is 13.8 Å². The number of carbonyl (C=O) groups is 2. The van der Waals surface area contributed by atoms with Crippen molar-refractivity contribution in [1.82, 2.24) is 0 Å². The lowest BCUT2D eigenvalue weighted by Gasteiger charge is -2.02. The second-order valence-corrected chi connectivity index (χ2v) is 3.48. The molecule has 0 aliphatic carbocycles. The van der Waals surface area contributed by atoms with E-state index in [1.54, 1.807) is 13.8 Å². The molecule has 0 aliphatic heterocycles. The third-order valence-corrected chi connectivity index (χ3v) is 2.03. The van der Waals surface area contributed by atoms with Crippen LogP contribution in [-0.2, 0) is 9.59 Å². The summed E-state index contributed by atoms with van der Waals surface area (Å²) < 4.78 is 0. The molecule has 0 fully saturated rings. The van der Waals surface area contributed by atoms with Gasteiger partial charge < -0.3 is 10.8 Å². The van der Waals surface area contributed by atoms with Crippen LogP contribution in [0.25, 0.3) is 0 Å². The molecule has 0 saturated heterocycles. The lowest BCUT2D eigenvalue weighted by molar-refractivity contribution is -0.141. The van der Waals surface area contributed by atoms with Gasteiger partial charge in [-0.05, 0) is 6.42 Å². The third-order valence-electron chi connectivity index (χ3n) is 2.03. The fourth-order valence-corrected chi connectivity index (χ4v) is 0.778. The number of carboxylic acids is 1. The molecule has 0 aromatic heterocycles. The van der Waals surface area contributed by atoms with E-state index in [9.17, 15) is 9.59 Å². The Balaban J connectivity index is -0.000000213. The lowest BCUT2D eigenvalue weighted by Crippen LogP contribution is -2.11. The van der Waals surface area contributed by atoms with Crippen molar-refractivity contribution in [3.63, 3.8) is 0 Å². The Bertz CT molecular complexity index is 176. The summed E-state index contributed by atoms with van der Waals surface area (Å²) in [5.74, 6) is -0.719. The molecular weight excluding hydrogens is 218 g/mol. The molecule has 3 N–H and O–H groups in total. The minimum Gasteiger partial charge on any atom is -0.481 e. The zero-order valence-electron chi connectivity index (χ0n) is 12.0. The summed E-state index contributed by atoms with van der Waals surface area (Å²) in [4.78, 5) is 20.3. The maximum Gasteiger partial charge on any atom is 0.306 e. The van der Waals surface area contributed by atoms with E-state index >= 15 is 0 Å². The Morgan fingerprint density at radius 3 is 1.88 bits per heavy atom. The third kappa shape index (κ3) is 21.0. The van der Waals surface area contributed by atoms with Crippen LogP contribution in [-0.4, -0.2) is 23.4 Å². The first-order valence-electron chi connectivity index (χ1n) is 6.44. The molecule has 0 rings (SSSR count). The minimum absolute atomic E-state index is 0.120. The van der Waals surface area contributed by atoms with Gasteiger partial charge in [0.1, 0.15) is 5.78 Å². The Morgan fingerprint density at radius 2 is 1.71 bits per heavy atom. The van der Waals surface area contributed by atoms with Gasteiger partial charge in [-0.3, -0.25) is 9.59 Å². The molecule has 104 valence electrons. The summed E-state index contributed by atoms with van der Waals surface area (Å²) in [6.07, 6.45) is 3.48. The molecule has 1 atom stereocenters. The highest BCUT2D eigenvalue weighted by Crippen LogP contribution is 2.06. The van der Waals surface area contributed by atoms with Crippen molar-refractivity contribution in [3.05, 3.63) is 0 Å². The van der Waals surface area contributed by atoms with Crippen molar-refractivity contribution in [3.8, 4) is 0 Å². The first kappa shape index (κ1) is 21.4. The van der Waals surface area contributed by atoms with E-state index in [4.69, 9.17) is 10.8 Å². The molecule has 4 heteroatoms. The van der Waals surface area contributed by atoms with Gasteiger partial charge in [0.2, 0.25) is 0 Å². The smallest absolute Gasteiger partial charge is 0.306 e.